The van der Waals surface area contributed by atoms with Crippen LogP contribution < -0.4 is 5.32 Å². The van der Waals surface area contributed by atoms with E-state index in [2.05, 4.69) is 5.32 Å². The average Bonchev–Trinajstić information content (AvgIpc) is 2.94. The van der Waals surface area contributed by atoms with Crippen molar-refractivity contribution in [2.75, 3.05) is 26.3 Å². The third kappa shape index (κ3) is 2.91. The summed E-state index contributed by atoms with van der Waals surface area (Å²) in [5, 5.41) is 21.1. The van der Waals surface area contributed by atoms with Crippen LogP contribution in [0.1, 0.15) is 12.8 Å². The Bertz CT molecular complexity index is 329. The third-order valence-electron chi connectivity index (χ3n) is 3.39. The predicted molar refractivity (Wildman–Crippen MR) is 61.1 cm³/mol. The van der Waals surface area contributed by atoms with Crippen molar-refractivity contribution in [3.05, 3.63) is 0 Å². The number of carboxylic acids is 1. The fraction of sp³-hybridized carbons (Fsp3) is 0.818. The molecule has 2 saturated heterocycles. The third-order valence-corrected chi connectivity index (χ3v) is 3.39. The molecule has 18 heavy (non-hydrogen) atoms. The molecule has 2 heterocycles. The SMILES string of the molecule is O=C(O)[C@@H]1CC(O)CN1C(=O)NCC1CCOC1. The van der Waals surface area contributed by atoms with Crippen molar-refractivity contribution in [1.29, 1.82) is 0 Å². The summed E-state index contributed by atoms with van der Waals surface area (Å²) < 4.78 is 5.19. The summed E-state index contributed by atoms with van der Waals surface area (Å²) in [6, 6.07) is -1.36. The minimum absolute atomic E-state index is 0.0734. The van der Waals surface area contributed by atoms with Gasteiger partial charge in [-0.05, 0) is 6.42 Å². The van der Waals surface area contributed by atoms with E-state index in [0.717, 1.165) is 6.42 Å². The van der Waals surface area contributed by atoms with Crippen molar-refractivity contribution in [3.8, 4) is 0 Å². The van der Waals surface area contributed by atoms with Gasteiger partial charge in [-0.25, -0.2) is 9.59 Å². The van der Waals surface area contributed by atoms with Gasteiger partial charge in [0.05, 0.1) is 12.7 Å². The zero-order valence-corrected chi connectivity index (χ0v) is 10.0. The molecule has 3 N–H and O–H groups in total. The number of hydrogen-bond acceptors (Lipinski definition) is 4. The van der Waals surface area contributed by atoms with Crippen LogP contribution in [0.2, 0.25) is 0 Å². The molecule has 0 aromatic rings. The monoisotopic (exact) mass is 258 g/mol. The highest BCUT2D eigenvalue weighted by molar-refractivity contribution is 5.83. The number of carbonyl (C=O) groups excluding carboxylic acids is 1. The smallest absolute Gasteiger partial charge is 0.326 e. The molecule has 2 unspecified atom stereocenters. The van der Waals surface area contributed by atoms with E-state index in [1.807, 2.05) is 0 Å². The van der Waals surface area contributed by atoms with Gasteiger partial charge in [0.2, 0.25) is 0 Å². The normalized spacial score (nSPS) is 31.6. The highest BCUT2D eigenvalue weighted by atomic mass is 16.5. The van der Waals surface area contributed by atoms with Gasteiger partial charge in [-0.2, -0.15) is 0 Å². The van der Waals surface area contributed by atoms with Gasteiger partial charge in [-0.3, -0.25) is 0 Å². The number of amides is 2. The van der Waals surface area contributed by atoms with Crippen LogP contribution in [0.4, 0.5) is 4.79 Å². The number of ether oxygens (including phenoxy) is 1. The van der Waals surface area contributed by atoms with Crippen LogP contribution in [-0.2, 0) is 9.53 Å². The van der Waals surface area contributed by atoms with Crippen molar-refractivity contribution in [2.45, 2.75) is 25.0 Å². The molecule has 0 aromatic carbocycles. The van der Waals surface area contributed by atoms with Crippen molar-refractivity contribution in [3.63, 3.8) is 0 Å². The molecule has 0 radical (unpaired) electrons. The molecule has 2 aliphatic heterocycles. The number of carbonyl (C=O) groups is 2. The van der Waals surface area contributed by atoms with Crippen molar-refractivity contribution >= 4 is 12.0 Å². The zero-order valence-electron chi connectivity index (χ0n) is 10.0. The van der Waals surface area contributed by atoms with Crippen molar-refractivity contribution in [2.24, 2.45) is 5.92 Å². The molecule has 0 bridgehead atoms. The zero-order chi connectivity index (χ0) is 13.1. The van der Waals surface area contributed by atoms with Gasteiger partial charge < -0.3 is 25.2 Å². The van der Waals surface area contributed by atoms with Gasteiger partial charge in [0, 0.05) is 32.0 Å². The van der Waals surface area contributed by atoms with E-state index >= 15 is 0 Å². The number of nitrogens with zero attached hydrogens (tertiary/aromatic N) is 1. The van der Waals surface area contributed by atoms with Crippen molar-refractivity contribution < 1.29 is 24.5 Å². The fourth-order valence-electron chi connectivity index (χ4n) is 2.35. The molecule has 3 atom stereocenters. The number of rotatable bonds is 3. The van der Waals surface area contributed by atoms with E-state index < -0.39 is 24.1 Å². The van der Waals surface area contributed by atoms with E-state index in [9.17, 15) is 14.7 Å². The standard InChI is InChI=1S/C11H18N2O5/c14-8-3-9(10(15)16)13(5-8)11(17)12-4-7-1-2-18-6-7/h7-9,14H,1-6H2,(H,12,17)(H,15,16)/t7?,8?,9-/m0/s1. The first-order valence-electron chi connectivity index (χ1n) is 6.11. The molecule has 0 spiro atoms. The number of aliphatic hydroxyl groups is 1. The molecular weight excluding hydrogens is 240 g/mol. The Hall–Kier alpha value is -1.34. The second kappa shape index (κ2) is 5.53. The Kier molecular flexibility index (Phi) is 4.03. The summed E-state index contributed by atoms with van der Waals surface area (Å²) in [6.45, 7) is 1.90. The lowest BCUT2D eigenvalue weighted by atomic mass is 10.1. The number of nitrogens with one attached hydrogen (secondary N) is 1. The first kappa shape index (κ1) is 13.1. The maximum atomic E-state index is 11.9. The van der Waals surface area contributed by atoms with Crippen LogP contribution in [0.15, 0.2) is 0 Å². The molecule has 2 rings (SSSR count). The predicted octanol–water partition coefficient (Wildman–Crippen LogP) is -0.748. The van der Waals surface area contributed by atoms with Gasteiger partial charge in [0.25, 0.3) is 0 Å². The van der Waals surface area contributed by atoms with Gasteiger partial charge in [0.1, 0.15) is 6.04 Å². The number of carboxylic acid groups (broad SMARTS) is 1. The minimum atomic E-state index is -1.08. The maximum Gasteiger partial charge on any atom is 0.326 e. The quantitative estimate of drug-likeness (QED) is 0.618. The molecule has 7 heteroatoms. The first-order chi connectivity index (χ1) is 8.58. The Morgan fingerprint density at radius 2 is 2.22 bits per heavy atom. The fourth-order valence-corrected chi connectivity index (χ4v) is 2.35. The van der Waals surface area contributed by atoms with Crippen LogP contribution in [0, 0.1) is 5.92 Å². The Morgan fingerprint density at radius 3 is 2.83 bits per heavy atom. The molecule has 0 saturated carbocycles. The van der Waals surface area contributed by atoms with Crippen LogP contribution in [0.25, 0.3) is 0 Å². The second-order valence-electron chi connectivity index (χ2n) is 4.81. The number of hydrogen-bond donors (Lipinski definition) is 3. The van der Waals surface area contributed by atoms with Gasteiger partial charge in [-0.15, -0.1) is 0 Å². The van der Waals surface area contributed by atoms with E-state index in [4.69, 9.17) is 9.84 Å². The number of likely N-dealkylation sites (tertiary alicyclic amines) is 1. The molecule has 2 aliphatic rings. The van der Waals surface area contributed by atoms with Crippen LogP contribution in [0.3, 0.4) is 0 Å². The van der Waals surface area contributed by atoms with Gasteiger partial charge in [-0.1, -0.05) is 0 Å². The molecule has 2 fully saturated rings. The first-order valence-corrected chi connectivity index (χ1v) is 6.11. The molecule has 2 amide bonds. The molecular formula is C11H18N2O5. The lowest BCUT2D eigenvalue weighted by Crippen LogP contribution is -2.47. The lowest BCUT2D eigenvalue weighted by Gasteiger charge is -2.22. The number of aliphatic hydroxyl groups excluding tert-OH is 1. The Labute approximate surface area is 105 Å². The molecule has 0 aromatic heterocycles. The number of β-amino-alcohol motifs (C(OH)–C–C–N with tert-alkyl or cyclic N) is 1. The van der Waals surface area contributed by atoms with Crippen molar-refractivity contribution in [1.82, 2.24) is 10.2 Å². The van der Waals surface area contributed by atoms with Gasteiger partial charge >= 0.3 is 12.0 Å². The molecule has 102 valence electrons. The summed E-state index contributed by atoms with van der Waals surface area (Å²) in [5.74, 6) is -0.782. The minimum Gasteiger partial charge on any atom is -0.480 e. The van der Waals surface area contributed by atoms with Crippen LogP contribution >= 0.6 is 0 Å². The lowest BCUT2D eigenvalue weighted by molar-refractivity contribution is -0.141. The van der Waals surface area contributed by atoms with Crippen LogP contribution in [-0.4, -0.2) is 65.6 Å². The van der Waals surface area contributed by atoms with Gasteiger partial charge in [0.15, 0.2) is 0 Å². The van der Waals surface area contributed by atoms with E-state index in [-0.39, 0.29) is 13.0 Å². The molecule has 0 aliphatic carbocycles. The number of aliphatic carboxylic acids is 1. The Morgan fingerprint density at radius 1 is 1.44 bits per heavy atom. The summed E-state index contributed by atoms with van der Waals surface area (Å²) >= 11 is 0. The van der Waals surface area contributed by atoms with E-state index in [1.54, 1.807) is 0 Å². The number of urea groups is 1. The topological polar surface area (TPSA) is 99.1 Å². The molecule has 7 nitrogen and oxygen atoms in total. The summed E-state index contributed by atoms with van der Waals surface area (Å²) in [7, 11) is 0. The summed E-state index contributed by atoms with van der Waals surface area (Å²) in [4.78, 5) is 24.0. The average molecular weight is 258 g/mol. The summed E-state index contributed by atoms with van der Waals surface area (Å²) in [6.07, 6.45) is 0.243. The summed E-state index contributed by atoms with van der Waals surface area (Å²) in [5.41, 5.74) is 0. The van der Waals surface area contributed by atoms with E-state index in [0.29, 0.717) is 25.7 Å². The maximum absolute atomic E-state index is 11.9. The van der Waals surface area contributed by atoms with E-state index in [1.165, 1.54) is 4.90 Å². The second-order valence-corrected chi connectivity index (χ2v) is 4.81. The Balaban J connectivity index is 1.85. The highest BCUT2D eigenvalue weighted by Gasteiger charge is 2.39. The van der Waals surface area contributed by atoms with Crippen LogP contribution in [0.5, 0.6) is 0 Å². The largest absolute Gasteiger partial charge is 0.480 e. The highest BCUT2D eigenvalue weighted by Crippen LogP contribution is 2.18.